The zero-order valence-electron chi connectivity index (χ0n) is 10.6. The highest BCUT2D eigenvalue weighted by molar-refractivity contribution is 8.00. The minimum absolute atomic E-state index is 0.440. The van der Waals surface area contributed by atoms with Gasteiger partial charge in [0.05, 0.1) is 23.8 Å². The second-order valence-corrected chi connectivity index (χ2v) is 5.93. The number of hydrogen-bond donors (Lipinski definition) is 2. The van der Waals surface area contributed by atoms with Crippen molar-refractivity contribution in [1.82, 2.24) is 4.98 Å². The molecule has 1 heterocycles. The molecule has 2 rings (SSSR count). The Kier molecular flexibility index (Phi) is 4.15. The van der Waals surface area contributed by atoms with Gasteiger partial charge >= 0.3 is 0 Å². The lowest BCUT2D eigenvalue weighted by molar-refractivity contribution is 0.640. The van der Waals surface area contributed by atoms with Gasteiger partial charge in [-0.25, -0.2) is 0 Å². The zero-order valence-corrected chi connectivity index (χ0v) is 11.4. The number of nitrogens with one attached hydrogen (secondary N) is 2. The summed E-state index contributed by atoms with van der Waals surface area (Å²) < 4.78 is 0.440. The van der Waals surface area contributed by atoms with Crippen LogP contribution in [0, 0.1) is 0 Å². The number of nitrogens with zero attached hydrogens (tertiary/aromatic N) is 1. The van der Waals surface area contributed by atoms with Crippen molar-refractivity contribution < 1.29 is 0 Å². The number of aromatic nitrogens is 1. The van der Waals surface area contributed by atoms with Crippen molar-refractivity contribution in [2.24, 2.45) is 0 Å². The Morgan fingerprint density at radius 3 is 2.65 bits per heavy atom. The third-order valence-corrected chi connectivity index (χ3v) is 5.01. The maximum Gasteiger partial charge on any atom is 0.0547 e. The molecule has 1 aliphatic carbocycles. The summed E-state index contributed by atoms with van der Waals surface area (Å²) >= 11 is 2.01. The van der Waals surface area contributed by atoms with Crippen molar-refractivity contribution in [2.75, 3.05) is 30.5 Å². The molecule has 1 fully saturated rings. The van der Waals surface area contributed by atoms with Crippen LogP contribution in [0.15, 0.2) is 18.5 Å². The lowest BCUT2D eigenvalue weighted by Crippen LogP contribution is -2.30. The lowest BCUT2D eigenvalue weighted by atomic mass is 10.1. The number of pyridine rings is 1. The van der Waals surface area contributed by atoms with Gasteiger partial charge in [-0.15, -0.1) is 0 Å². The van der Waals surface area contributed by atoms with Gasteiger partial charge in [0.1, 0.15) is 0 Å². The van der Waals surface area contributed by atoms with Crippen molar-refractivity contribution in [2.45, 2.75) is 30.4 Å². The SMILES string of the molecule is CNc1cncc(NCC2(SC)CCCC2)c1. The third kappa shape index (κ3) is 3.06. The van der Waals surface area contributed by atoms with Crippen LogP contribution in [-0.4, -0.2) is 29.6 Å². The third-order valence-electron chi connectivity index (χ3n) is 3.59. The molecule has 0 radical (unpaired) electrons. The predicted molar refractivity (Wildman–Crippen MR) is 77.0 cm³/mol. The summed E-state index contributed by atoms with van der Waals surface area (Å²) in [5, 5.41) is 6.64. The Morgan fingerprint density at radius 2 is 2.00 bits per heavy atom. The summed E-state index contributed by atoms with van der Waals surface area (Å²) in [6.45, 7) is 1.04. The number of hydrogen-bond acceptors (Lipinski definition) is 4. The van der Waals surface area contributed by atoms with Gasteiger partial charge in [0, 0.05) is 18.3 Å². The number of thioether (sulfide) groups is 1. The van der Waals surface area contributed by atoms with Crippen LogP contribution in [0.25, 0.3) is 0 Å². The summed E-state index contributed by atoms with van der Waals surface area (Å²) in [4.78, 5) is 4.22. The van der Waals surface area contributed by atoms with Gasteiger partial charge in [0.2, 0.25) is 0 Å². The first-order valence-corrected chi connectivity index (χ1v) is 7.42. The number of anilines is 2. The van der Waals surface area contributed by atoms with E-state index in [1.165, 1.54) is 25.7 Å². The molecule has 94 valence electrons. The van der Waals surface area contributed by atoms with Crippen LogP contribution < -0.4 is 10.6 Å². The first-order valence-electron chi connectivity index (χ1n) is 6.20. The molecule has 0 atom stereocenters. The molecule has 1 saturated carbocycles. The maximum absolute atomic E-state index is 4.22. The summed E-state index contributed by atoms with van der Waals surface area (Å²) in [6, 6.07) is 2.11. The molecule has 1 aromatic heterocycles. The van der Waals surface area contributed by atoms with Gasteiger partial charge < -0.3 is 10.6 Å². The van der Waals surface area contributed by atoms with E-state index in [0.717, 1.165) is 17.9 Å². The average molecular weight is 251 g/mol. The molecule has 1 aliphatic rings. The van der Waals surface area contributed by atoms with Crippen LogP contribution in [0.5, 0.6) is 0 Å². The molecule has 3 nitrogen and oxygen atoms in total. The highest BCUT2D eigenvalue weighted by Crippen LogP contribution is 2.40. The van der Waals surface area contributed by atoms with Gasteiger partial charge in [-0.3, -0.25) is 4.98 Å². The summed E-state index contributed by atoms with van der Waals surface area (Å²) in [5.74, 6) is 0. The van der Waals surface area contributed by atoms with Crippen molar-refractivity contribution in [1.29, 1.82) is 0 Å². The summed E-state index contributed by atoms with van der Waals surface area (Å²) in [6.07, 6.45) is 11.4. The maximum atomic E-state index is 4.22. The van der Waals surface area contributed by atoms with E-state index < -0.39 is 0 Å². The van der Waals surface area contributed by atoms with Crippen molar-refractivity contribution >= 4 is 23.1 Å². The minimum atomic E-state index is 0.440. The molecule has 0 unspecified atom stereocenters. The summed E-state index contributed by atoms with van der Waals surface area (Å²) in [5.41, 5.74) is 2.16. The second-order valence-electron chi connectivity index (χ2n) is 4.66. The van der Waals surface area contributed by atoms with Crippen LogP contribution >= 0.6 is 11.8 Å². The molecule has 0 aromatic carbocycles. The van der Waals surface area contributed by atoms with E-state index >= 15 is 0 Å². The fraction of sp³-hybridized carbons (Fsp3) is 0.615. The Bertz CT molecular complexity index is 361. The van der Waals surface area contributed by atoms with Crippen molar-refractivity contribution in [3.05, 3.63) is 18.5 Å². The molecule has 0 bridgehead atoms. The van der Waals surface area contributed by atoms with Gasteiger partial charge in [-0.05, 0) is 25.2 Å². The Morgan fingerprint density at radius 1 is 1.29 bits per heavy atom. The molecule has 0 aliphatic heterocycles. The predicted octanol–water partition coefficient (Wildman–Crippen LogP) is 3.21. The van der Waals surface area contributed by atoms with E-state index in [9.17, 15) is 0 Å². The monoisotopic (exact) mass is 251 g/mol. The van der Waals surface area contributed by atoms with Gasteiger partial charge in [0.15, 0.2) is 0 Å². The van der Waals surface area contributed by atoms with Crippen LogP contribution in [0.3, 0.4) is 0 Å². The van der Waals surface area contributed by atoms with E-state index in [0.29, 0.717) is 4.75 Å². The van der Waals surface area contributed by atoms with Gasteiger partial charge in [-0.2, -0.15) is 11.8 Å². The standard InChI is InChI=1S/C13H21N3S/c1-14-11-7-12(9-15-8-11)16-10-13(17-2)5-3-4-6-13/h7-9,14,16H,3-6,10H2,1-2H3. The zero-order chi connectivity index (χ0) is 12.1. The Hall–Kier alpha value is -0.900. The average Bonchev–Trinajstić information content (AvgIpc) is 2.86. The molecule has 0 amide bonds. The smallest absolute Gasteiger partial charge is 0.0547 e. The molecule has 1 aromatic rings. The molecule has 17 heavy (non-hydrogen) atoms. The molecule has 4 heteroatoms. The Balaban J connectivity index is 1.96. The van der Waals surface area contributed by atoms with Crippen LogP contribution in [0.4, 0.5) is 11.4 Å². The van der Waals surface area contributed by atoms with Gasteiger partial charge in [0.25, 0.3) is 0 Å². The van der Waals surface area contributed by atoms with Crippen molar-refractivity contribution in [3.63, 3.8) is 0 Å². The first kappa shape index (κ1) is 12.6. The normalized spacial score (nSPS) is 18.0. The minimum Gasteiger partial charge on any atom is -0.387 e. The summed E-state index contributed by atoms with van der Waals surface area (Å²) in [7, 11) is 1.92. The van der Waals surface area contributed by atoms with Crippen molar-refractivity contribution in [3.8, 4) is 0 Å². The number of rotatable bonds is 5. The second kappa shape index (κ2) is 5.63. The molecule has 2 N–H and O–H groups in total. The largest absolute Gasteiger partial charge is 0.387 e. The van der Waals surface area contributed by atoms with E-state index in [1.807, 2.05) is 31.2 Å². The lowest BCUT2D eigenvalue weighted by Gasteiger charge is -2.27. The van der Waals surface area contributed by atoms with E-state index in [1.54, 1.807) is 0 Å². The quantitative estimate of drug-likeness (QED) is 0.842. The van der Waals surface area contributed by atoms with Crippen LogP contribution in [0.1, 0.15) is 25.7 Å². The molecule has 0 spiro atoms. The Labute approximate surface area is 108 Å². The first-order chi connectivity index (χ1) is 8.28. The van der Waals surface area contributed by atoms with Gasteiger partial charge in [-0.1, -0.05) is 12.8 Å². The fourth-order valence-corrected chi connectivity index (χ4v) is 3.32. The van der Waals surface area contributed by atoms with E-state index in [2.05, 4.69) is 27.9 Å². The van der Waals surface area contributed by atoms with Crippen LogP contribution in [0.2, 0.25) is 0 Å². The van der Waals surface area contributed by atoms with E-state index in [-0.39, 0.29) is 0 Å². The highest BCUT2D eigenvalue weighted by Gasteiger charge is 2.32. The van der Waals surface area contributed by atoms with Crippen LogP contribution in [-0.2, 0) is 0 Å². The molecule has 0 saturated heterocycles. The highest BCUT2D eigenvalue weighted by atomic mass is 32.2. The van der Waals surface area contributed by atoms with E-state index in [4.69, 9.17) is 0 Å². The molecular formula is C13H21N3S. The molecular weight excluding hydrogens is 230 g/mol. The topological polar surface area (TPSA) is 37.0 Å². The fourth-order valence-electron chi connectivity index (χ4n) is 2.41.